The van der Waals surface area contributed by atoms with Crippen LogP contribution in [0.25, 0.3) is 0 Å². The summed E-state index contributed by atoms with van der Waals surface area (Å²) in [5, 5.41) is 16.0. The average Bonchev–Trinajstić information content (AvgIpc) is 3.53. The molecule has 1 fully saturated rings. The third-order valence-corrected chi connectivity index (χ3v) is 6.55. The van der Waals surface area contributed by atoms with Crippen molar-refractivity contribution in [3.63, 3.8) is 0 Å². The summed E-state index contributed by atoms with van der Waals surface area (Å²) in [4.78, 5) is 14.5. The first-order valence-corrected chi connectivity index (χ1v) is 10.8. The number of aromatic hydroxyl groups is 1. The maximum Gasteiger partial charge on any atom is 0.242 e. The van der Waals surface area contributed by atoms with Crippen molar-refractivity contribution < 1.29 is 9.84 Å². The van der Waals surface area contributed by atoms with Crippen LogP contribution in [-0.2, 0) is 10.5 Å². The van der Waals surface area contributed by atoms with Crippen molar-refractivity contribution in [1.29, 1.82) is 0 Å². The van der Waals surface area contributed by atoms with Crippen molar-refractivity contribution in [3.05, 3.63) is 92.9 Å². The molecule has 7 heteroatoms. The first-order valence-electron chi connectivity index (χ1n) is 10.4. The third kappa shape index (κ3) is 3.26. The predicted octanol–water partition coefficient (Wildman–Crippen LogP) is 3.88. The molecule has 0 amide bonds. The largest absolute Gasteiger partial charge is 0.503 e. The summed E-state index contributed by atoms with van der Waals surface area (Å²) >= 11 is 6.36. The summed E-state index contributed by atoms with van der Waals surface area (Å²) in [6.45, 7) is 5.26. The molecular weight excluding hydrogens is 414 g/mol. The highest BCUT2D eigenvalue weighted by molar-refractivity contribution is 6.30. The molecule has 1 N–H and O–H groups in total. The van der Waals surface area contributed by atoms with Gasteiger partial charge in [-0.1, -0.05) is 54.1 Å². The first kappa shape index (κ1) is 20.2. The van der Waals surface area contributed by atoms with Crippen LogP contribution >= 0.6 is 11.6 Å². The highest BCUT2D eigenvalue weighted by Gasteiger charge is 2.60. The third-order valence-electron chi connectivity index (χ3n) is 6.31. The molecule has 31 heavy (non-hydrogen) atoms. The van der Waals surface area contributed by atoms with Crippen LogP contribution in [0.15, 0.2) is 65.6 Å². The van der Waals surface area contributed by atoms with Crippen LogP contribution in [0.1, 0.15) is 42.6 Å². The molecule has 5 rings (SSSR count). The number of hydrogen-bond donors (Lipinski definition) is 1. The maximum absolute atomic E-state index is 12.3. The number of hydrogen-bond acceptors (Lipinski definition) is 5. The summed E-state index contributed by atoms with van der Waals surface area (Å²) in [7, 11) is 0. The quantitative estimate of drug-likeness (QED) is 0.627. The highest BCUT2D eigenvalue weighted by atomic mass is 35.5. The Morgan fingerprint density at radius 3 is 2.52 bits per heavy atom. The fourth-order valence-electron chi connectivity index (χ4n) is 4.88. The smallest absolute Gasteiger partial charge is 0.242 e. The van der Waals surface area contributed by atoms with E-state index in [1.54, 1.807) is 4.68 Å². The summed E-state index contributed by atoms with van der Waals surface area (Å²) in [6, 6.07) is 18.0. The lowest BCUT2D eigenvalue weighted by atomic mass is 9.83. The normalized spacial score (nSPS) is 23.7. The minimum atomic E-state index is -0.808. The van der Waals surface area contributed by atoms with Crippen LogP contribution in [0, 0.1) is 0 Å². The molecule has 3 atom stereocenters. The van der Waals surface area contributed by atoms with Gasteiger partial charge in [0.2, 0.25) is 5.43 Å². The SMILES string of the molecule is CC(C)N1C[C@@H](C(c2ccccc2)c2cccc(Cl)c2)n2ncc(=O)c(O)c2C12CO2. The second-order valence-electron chi connectivity index (χ2n) is 8.48. The number of rotatable bonds is 4. The molecule has 1 aromatic heterocycles. The van der Waals surface area contributed by atoms with Gasteiger partial charge in [-0.2, -0.15) is 5.10 Å². The van der Waals surface area contributed by atoms with Gasteiger partial charge >= 0.3 is 0 Å². The van der Waals surface area contributed by atoms with Crippen LogP contribution in [0.2, 0.25) is 5.02 Å². The Bertz CT molecular complexity index is 1170. The van der Waals surface area contributed by atoms with Gasteiger partial charge in [0.25, 0.3) is 0 Å². The maximum atomic E-state index is 12.3. The topological polar surface area (TPSA) is 70.9 Å². The molecule has 0 radical (unpaired) electrons. The Labute approximate surface area is 185 Å². The Balaban J connectivity index is 1.75. The van der Waals surface area contributed by atoms with Gasteiger partial charge in [-0.3, -0.25) is 14.4 Å². The second-order valence-corrected chi connectivity index (χ2v) is 8.92. The molecule has 1 spiro atoms. The van der Waals surface area contributed by atoms with Gasteiger partial charge in [0, 0.05) is 23.5 Å². The van der Waals surface area contributed by atoms with Crippen LogP contribution < -0.4 is 5.43 Å². The van der Waals surface area contributed by atoms with Gasteiger partial charge in [0.1, 0.15) is 5.69 Å². The van der Waals surface area contributed by atoms with E-state index in [2.05, 4.69) is 42.0 Å². The van der Waals surface area contributed by atoms with Gasteiger partial charge in [-0.15, -0.1) is 0 Å². The minimum Gasteiger partial charge on any atom is -0.503 e. The zero-order chi connectivity index (χ0) is 21.8. The van der Waals surface area contributed by atoms with Gasteiger partial charge in [0.15, 0.2) is 11.5 Å². The zero-order valence-electron chi connectivity index (χ0n) is 17.4. The molecule has 2 aliphatic rings. The fourth-order valence-corrected chi connectivity index (χ4v) is 5.08. The van der Waals surface area contributed by atoms with E-state index in [1.165, 1.54) is 6.20 Å². The fraction of sp³-hybridized carbons (Fsp3) is 0.333. The second kappa shape index (κ2) is 7.48. The molecule has 1 saturated heterocycles. The number of ether oxygens (including phenoxy) is 1. The summed E-state index contributed by atoms with van der Waals surface area (Å²) < 4.78 is 7.67. The van der Waals surface area contributed by atoms with E-state index in [9.17, 15) is 9.90 Å². The number of nitrogens with zero attached hydrogens (tertiary/aromatic N) is 3. The van der Waals surface area contributed by atoms with E-state index < -0.39 is 11.2 Å². The van der Waals surface area contributed by atoms with Crippen molar-refractivity contribution in [2.75, 3.05) is 13.2 Å². The van der Waals surface area contributed by atoms with Crippen LogP contribution in [0.3, 0.4) is 0 Å². The highest BCUT2D eigenvalue weighted by Crippen LogP contribution is 2.52. The number of aromatic nitrogens is 2. The Morgan fingerprint density at radius 1 is 1.16 bits per heavy atom. The standard InChI is InChI=1S/C24H24ClN3O3/c1-15(2)27-13-19(28-23(24(27)14-31-24)22(30)20(29)12-26-28)21(16-7-4-3-5-8-16)17-9-6-10-18(25)11-17/h3-12,15,19,21,30H,13-14H2,1-2H3/t19-,21?,24?/m0/s1. The molecule has 6 nitrogen and oxygen atoms in total. The van der Waals surface area contributed by atoms with E-state index in [0.29, 0.717) is 23.9 Å². The predicted molar refractivity (Wildman–Crippen MR) is 118 cm³/mol. The van der Waals surface area contributed by atoms with Crippen molar-refractivity contribution in [2.45, 2.75) is 37.6 Å². The van der Waals surface area contributed by atoms with Gasteiger partial charge in [-0.25, -0.2) is 0 Å². The zero-order valence-corrected chi connectivity index (χ0v) is 18.2. The van der Waals surface area contributed by atoms with Crippen molar-refractivity contribution in [3.8, 4) is 5.75 Å². The number of benzene rings is 2. The lowest BCUT2D eigenvalue weighted by Crippen LogP contribution is -2.53. The van der Waals surface area contributed by atoms with E-state index in [4.69, 9.17) is 16.3 Å². The molecule has 2 aliphatic heterocycles. The molecule has 0 bridgehead atoms. The molecule has 2 aromatic carbocycles. The Hall–Kier alpha value is -2.67. The van der Waals surface area contributed by atoms with E-state index in [0.717, 1.165) is 11.1 Å². The van der Waals surface area contributed by atoms with Crippen molar-refractivity contribution in [1.82, 2.24) is 14.7 Å². The van der Waals surface area contributed by atoms with Crippen molar-refractivity contribution in [2.24, 2.45) is 0 Å². The average molecular weight is 438 g/mol. The molecule has 2 unspecified atom stereocenters. The Kier molecular flexibility index (Phi) is 4.88. The molecule has 3 aromatic rings. The summed E-state index contributed by atoms with van der Waals surface area (Å²) in [6.07, 6.45) is 1.19. The van der Waals surface area contributed by atoms with E-state index >= 15 is 0 Å². The molecule has 160 valence electrons. The van der Waals surface area contributed by atoms with Gasteiger partial charge < -0.3 is 9.84 Å². The van der Waals surface area contributed by atoms with E-state index in [-0.39, 0.29) is 23.8 Å². The van der Waals surface area contributed by atoms with Gasteiger partial charge in [0.05, 0.1) is 18.8 Å². The lowest BCUT2D eigenvalue weighted by Gasteiger charge is -2.44. The van der Waals surface area contributed by atoms with Crippen LogP contribution in [-0.4, -0.2) is 39.0 Å². The van der Waals surface area contributed by atoms with Crippen LogP contribution in [0.4, 0.5) is 0 Å². The molecular formula is C24H24ClN3O3. The molecule has 0 saturated carbocycles. The van der Waals surface area contributed by atoms with Crippen molar-refractivity contribution >= 4 is 11.6 Å². The summed E-state index contributed by atoms with van der Waals surface area (Å²) in [5.41, 5.74) is 1.29. The molecule has 3 heterocycles. The minimum absolute atomic E-state index is 0.0922. The summed E-state index contributed by atoms with van der Waals surface area (Å²) in [5.74, 6) is -0.383. The van der Waals surface area contributed by atoms with Crippen LogP contribution in [0.5, 0.6) is 5.75 Å². The Morgan fingerprint density at radius 2 is 1.87 bits per heavy atom. The number of epoxide rings is 1. The number of halogens is 1. The molecule has 0 aliphatic carbocycles. The monoisotopic (exact) mass is 437 g/mol. The lowest BCUT2D eigenvalue weighted by molar-refractivity contribution is -0.00587. The first-order chi connectivity index (χ1) is 14.9. The van der Waals surface area contributed by atoms with E-state index in [1.807, 2.05) is 36.4 Å². The van der Waals surface area contributed by atoms with Gasteiger partial charge in [-0.05, 0) is 37.1 Å². The number of fused-ring (bicyclic) bond motifs is 2.